The number of aliphatic hydroxyl groups excluding tert-OH is 1. The van der Waals surface area contributed by atoms with Gasteiger partial charge in [-0.1, -0.05) is 30.3 Å². The number of nitrogens with one attached hydrogen (secondary N) is 1. The summed E-state index contributed by atoms with van der Waals surface area (Å²) in [5.74, 6) is -0.00131. The van der Waals surface area contributed by atoms with Gasteiger partial charge >= 0.3 is 0 Å². The molecule has 0 spiro atoms. The number of carbonyl (C=O) groups is 1. The highest BCUT2D eigenvalue weighted by atomic mass is 16.5. The Labute approximate surface area is 121 Å². The van der Waals surface area contributed by atoms with E-state index in [1.165, 1.54) is 0 Å². The number of aliphatic hydroxyl groups is 1. The van der Waals surface area contributed by atoms with Gasteiger partial charge in [-0.2, -0.15) is 0 Å². The summed E-state index contributed by atoms with van der Waals surface area (Å²) in [5.41, 5.74) is 0.806. The zero-order valence-corrected chi connectivity index (χ0v) is 12.6. The van der Waals surface area contributed by atoms with Crippen LogP contribution in [0.15, 0.2) is 30.3 Å². The first-order chi connectivity index (χ1) is 9.42. The van der Waals surface area contributed by atoms with Gasteiger partial charge < -0.3 is 15.2 Å². The third kappa shape index (κ3) is 6.68. The van der Waals surface area contributed by atoms with Crippen LogP contribution in [0.5, 0.6) is 0 Å². The van der Waals surface area contributed by atoms with Gasteiger partial charge in [0.1, 0.15) is 6.61 Å². The monoisotopic (exact) mass is 279 g/mol. The minimum Gasteiger partial charge on any atom is -0.396 e. The van der Waals surface area contributed by atoms with Gasteiger partial charge in [-0.3, -0.25) is 4.79 Å². The van der Waals surface area contributed by atoms with Crippen molar-refractivity contribution in [2.75, 3.05) is 19.8 Å². The van der Waals surface area contributed by atoms with Crippen molar-refractivity contribution < 1.29 is 14.6 Å². The predicted octanol–water partition coefficient (Wildman–Crippen LogP) is 2.08. The second-order valence-electron chi connectivity index (χ2n) is 5.83. The number of benzene rings is 1. The Hall–Kier alpha value is -1.39. The molecule has 0 radical (unpaired) electrons. The molecule has 0 aliphatic heterocycles. The van der Waals surface area contributed by atoms with E-state index in [1.807, 2.05) is 51.1 Å². The molecular formula is C16H25NO3. The molecule has 1 rings (SSSR count). The van der Waals surface area contributed by atoms with Crippen LogP contribution < -0.4 is 5.32 Å². The van der Waals surface area contributed by atoms with E-state index in [1.54, 1.807) is 0 Å². The fourth-order valence-electron chi connectivity index (χ4n) is 1.84. The molecular weight excluding hydrogens is 254 g/mol. The average Bonchev–Trinajstić information content (AvgIpc) is 2.41. The molecule has 0 aliphatic carbocycles. The molecule has 0 bridgehead atoms. The largest absolute Gasteiger partial charge is 0.396 e. The second kappa shape index (κ2) is 8.02. The van der Waals surface area contributed by atoms with Gasteiger partial charge in [0, 0.05) is 19.1 Å². The van der Waals surface area contributed by atoms with Crippen molar-refractivity contribution in [1.29, 1.82) is 0 Å². The van der Waals surface area contributed by atoms with Crippen LogP contribution in [0.25, 0.3) is 0 Å². The second-order valence-corrected chi connectivity index (χ2v) is 5.83. The van der Waals surface area contributed by atoms with Crippen molar-refractivity contribution in [3.8, 4) is 0 Å². The van der Waals surface area contributed by atoms with Gasteiger partial charge in [0.25, 0.3) is 0 Å². The highest BCUT2D eigenvalue weighted by molar-refractivity contribution is 5.77. The van der Waals surface area contributed by atoms with E-state index in [9.17, 15) is 4.79 Å². The number of hydrogen-bond acceptors (Lipinski definition) is 3. The summed E-state index contributed by atoms with van der Waals surface area (Å²) >= 11 is 0. The lowest BCUT2D eigenvalue weighted by atomic mass is 9.96. The molecule has 0 fully saturated rings. The Morgan fingerprint density at radius 2 is 1.95 bits per heavy atom. The molecule has 112 valence electrons. The maximum absolute atomic E-state index is 11.7. The van der Waals surface area contributed by atoms with Crippen LogP contribution in [0.2, 0.25) is 0 Å². The van der Waals surface area contributed by atoms with Gasteiger partial charge in [0.15, 0.2) is 0 Å². The van der Waals surface area contributed by atoms with Crippen LogP contribution >= 0.6 is 0 Å². The fourth-order valence-corrected chi connectivity index (χ4v) is 1.84. The zero-order valence-electron chi connectivity index (χ0n) is 12.6. The minimum atomic E-state index is -0.318. The van der Waals surface area contributed by atoms with Crippen LogP contribution in [0.4, 0.5) is 0 Å². The SMILES string of the molecule is CC(C)(C)OCC(=O)NCC(CCO)c1ccccc1. The number of rotatable bonds is 7. The molecule has 4 nitrogen and oxygen atoms in total. The smallest absolute Gasteiger partial charge is 0.246 e. The van der Waals surface area contributed by atoms with E-state index in [2.05, 4.69) is 5.32 Å². The van der Waals surface area contributed by atoms with E-state index >= 15 is 0 Å². The molecule has 0 aliphatic rings. The Morgan fingerprint density at radius 3 is 2.50 bits per heavy atom. The molecule has 1 aromatic carbocycles. The van der Waals surface area contributed by atoms with Crippen LogP contribution in [-0.4, -0.2) is 36.4 Å². The Balaban J connectivity index is 2.45. The van der Waals surface area contributed by atoms with Crippen molar-refractivity contribution in [2.45, 2.75) is 38.7 Å². The molecule has 20 heavy (non-hydrogen) atoms. The van der Waals surface area contributed by atoms with Crippen molar-refractivity contribution in [2.24, 2.45) is 0 Å². The highest BCUT2D eigenvalue weighted by Gasteiger charge is 2.15. The summed E-state index contributed by atoms with van der Waals surface area (Å²) in [7, 11) is 0. The van der Waals surface area contributed by atoms with E-state index in [0.717, 1.165) is 5.56 Å². The maximum atomic E-state index is 11.7. The Morgan fingerprint density at radius 1 is 1.30 bits per heavy atom. The zero-order chi connectivity index (χ0) is 15.0. The molecule has 1 atom stereocenters. The van der Waals surface area contributed by atoms with E-state index in [0.29, 0.717) is 13.0 Å². The molecule has 0 saturated carbocycles. The molecule has 1 unspecified atom stereocenters. The third-order valence-electron chi connectivity index (χ3n) is 2.93. The summed E-state index contributed by atoms with van der Waals surface area (Å²) in [5, 5.41) is 12.0. The van der Waals surface area contributed by atoms with Gasteiger partial charge in [0.2, 0.25) is 5.91 Å². The molecule has 1 amide bonds. The number of hydrogen-bond donors (Lipinski definition) is 2. The standard InChI is InChI=1S/C16H25NO3/c1-16(2,3)20-12-15(19)17-11-14(9-10-18)13-7-5-4-6-8-13/h4-8,14,18H,9-12H2,1-3H3,(H,17,19). The molecule has 0 aromatic heterocycles. The summed E-state index contributed by atoms with van der Waals surface area (Å²) in [6.45, 7) is 6.42. The van der Waals surface area contributed by atoms with Crippen molar-refractivity contribution in [3.05, 3.63) is 35.9 Å². The van der Waals surface area contributed by atoms with Gasteiger partial charge in [-0.05, 0) is 32.8 Å². The first-order valence-electron chi connectivity index (χ1n) is 6.99. The fraction of sp³-hybridized carbons (Fsp3) is 0.562. The summed E-state index contributed by atoms with van der Waals surface area (Å²) < 4.78 is 5.43. The Bertz CT molecular complexity index is 398. The predicted molar refractivity (Wildman–Crippen MR) is 79.6 cm³/mol. The van der Waals surface area contributed by atoms with E-state index in [-0.39, 0.29) is 30.6 Å². The lowest BCUT2D eigenvalue weighted by Crippen LogP contribution is -2.34. The third-order valence-corrected chi connectivity index (χ3v) is 2.93. The van der Waals surface area contributed by atoms with Crippen LogP contribution in [0.1, 0.15) is 38.7 Å². The summed E-state index contributed by atoms with van der Waals surface area (Å²) in [6, 6.07) is 9.90. The first-order valence-corrected chi connectivity index (χ1v) is 6.99. The van der Waals surface area contributed by atoms with Crippen LogP contribution in [0.3, 0.4) is 0 Å². The lowest BCUT2D eigenvalue weighted by Gasteiger charge is -2.20. The topological polar surface area (TPSA) is 58.6 Å². The quantitative estimate of drug-likeness (QED) is 0.803. The molecule has 1 aromatic rings. The molecule has 0 heterocycles. The van der Waals surface area contributed by atoms with E-state index in [4.69, 9.17) is 9.84 Å². The van der Waals surface area contributed by atoms with Gasteiger partial charge in [-0.25, -0.2) is 0 Å². The number of carbonyl (C=O) groups excluding carboxylic acids is 1. The minimum absolute atomic E-state index is 0.0597. The van der Waals surface area contributed by atoms with Gasteiger partial charge in [-0.15, -0.1) is 0 Å². The van der Waals surface area contributed by atoms with Crippen molar-refractivity contribution >= 4 is 5.91 Å². The highest BCUT2D eigenvalue weighted by Crippen LogP contribution is 2.18. The molecule has 0 saturated heterocycles. The first kappa shape index (κ1) is 16.7. The van der Waals surface area contributed by atoms with Crippen molar-refractivity contribution in [1.82, 2.24) is 5.32 Å². The van der Waals surface area contributed by atoms with Crippen molar-refractivity contribution in [3.63, 3.8) is 0 Å². The summed E-state index contributed by atoms with van der Waals surface area (Å²) in [6.07, 6.45) is 0.629. The summed E-state index contributed by atoms with van der Waals surface area (Å²) in [4.78, 5) is 11.7. The Kier molecular flexibility index (Phi) is 6.68. The normalized spacial score (nSPS) is 13.0. The number of amides is 1. The molecule has 4 heteroatoms. The number of ether oxygens (including phenoxy) is 1. The van der Waals surface area contributed by atoms with Crippen LogP contribution in [0, 0.1) is 0 Å². The molecule has 2 N–H and O–H groups in total. The maximum Gasteiger partial charge on any atom is 0.246 e. The average molecular weight is 279 g/mol. The lowest BCUT2D eigenvalue weighted by molar-refractivity contribution is -0.130. The van der Waals surface area contributed by atoms with Gasteiger partial charge in [0.05, 0.1) is 5.60 Å². The van der Waals surface area contributed by atoms with E-state index < -0.39 is 0 Å². The van der Waals surface area contributed by atoms with Crippen LogP contribution in [-0.2, 0) is 9.53 Å².